The Morgan fingerprint density at radius 2 is 2.05 bits per heavy atom. The molecule has 4 heteroatoms. The maximum Gasteiger partial charge on any atom is 0.237 e. The lowest BCUT2D eigenvalue weighted by molar-refractivity contribution is -0.120. The Hall–Kier alpha value is -1.39. The standard InChI is InChI=1S/C17H22N2O2/c20-16-17(14-6-2-3-7-15(14)18-16)10-13(21-12-17)11-19-8-4-1-5-9-19/h2-3,6-7,13H,1,4-5,8-12H2,(H,18,20). The number of likely N-dealkylation sites (tertiary alicyclic amines) is 1. The maximum atomic E-state index is 12.5. The summed E-state index contributed by atoms with van der Waals surface area (Å²) in [6.07, 6.45) is 4.93. The third kappa shape index (κ3) is 2.17. The second-order valence-electron chi connectivity index (χ2n) is 6.58. The summed E-state index contributed by atoms with van der Waals surface area (Å²) in [6, 6.07) is 8.04. The molecule has 1 amide bonds. The molecule has 2 atom stereocenters. The van der Waals surface area contributed by atoms with E-state index in [-0.39, 0.29) is 12.0 Å². The monoisotopic (exact) mass is 286 g/mol. The summed E-state index contributed by atoms with van der Waals surface area (Å²) in [7, 11) is 0. The fourth-order valence-electron chi connectivity index (χ4n) is 4.03. The number of amides is 1. The Bertz CT molecular complexity index is 553. The lowest BCUT2D eigenvalue weighted by Gasteiger charge is -2.28. The Kier molecular flexibility index (Phi) is 3.23. The Morgan fingerprint density at radius 1 is 1.24 bits per heavy atom. The zero-order valence-electron chi connectivity index (χ0n) is 12.3. The van der Waals surface area contributed by atoms with Gasteiger partial charge in [-0.05, 0) is 44.0 Å². The van der Waals surface area contributed by atoms with E-state index < -0.39 is 5.41 Å². The van der Waals surface area contributed by atoms with Gasteiger partial charge in [-0.1, -0.05) is 24.6 Å². The summed E-state index contributed by atoms with van der Waals surface area (Å²) >= 11 is 0. The predicted molar refractivity (Wildman–Crippen MR) is 81.4 cm³/mol. The van der Waals surface area contributed by atoms with Crippen LogP contribution in [0.4, 0.5) is 5.69 Å². The topological polar surface area (TPSA) is 41.6 Å². The van der Waals surface area contributed by atoms with Crippen LogP contribution in [0.3, 0.4) is 0 Å². The van der Waals surface area contributed by atoms with Gasteiger partial charge in [-0.15, -0.1) is 0 Å². The highest BCUT2D eigenvalue weighted by atomic mass is 16.5. The molecule has 3 aliphatic heterocycles. The number of carbonyl (C=O) groups is 1. The SMILES string of the molecule is O=C1Nc2ccccc2C12COC(CN1CCCCC1)C2. The molecule has 2 fully saturated rings. The van der Waals surface area contributed by atoms with Crippen molar-refractivity contribution in [3.8, 4) is 0 Å². The minimum Gasteiger partial charge on any atom is -0.375 e. The summed E-state index contributed by atoms with van der Waals surface area (Å²) < 4.78 is 6.02. The highest BCUT2D eigenvalue weighted by Gasteiger charge is 2.52. The zero-order valence-corrected chi connectivity index (χ0v) is 12.3. The van der Waals surface area contributed by atoms with Crippen molar-refractivity contribution in [2.24, 2.45) is 0 Å². The number of rotatable bonds is 2. The van der Waals surface area contributed by atoms with Crippen molar-refractivity contribution in [3.63, 3.8) is 0 Å². The first-order chi connectivity index (χ1) is 10.3. The number of hydrogen-bond donors (Lipinski definition) is 1. The molecule has 2 unspecified atom stereocenters. The summed E-state index contributed by atoms with van der Waals surface area (Å²) in [5.74, 6) is 0.116. The summed E-state index contributed by atoms with van der Waals surface area (Å²) in [6.45, 7) is 3.84. The van der Waals surface area contributed by atoms with Crippen molar-refractivity contribution in [3.05, 3.63) is 29.8 Å². The van der Waals surface area contributed by atoms with Crippen LogP contribution in [-0.4, -0.2) is 43.2 Å². The third-order valence-corrected chi connectivity index (χ3v) is 5.18. The van der Waals surface area contributed by atoms with Crippen LogP contribution < -0.4 is 5.32 Å². The van der Waals surface area contributed by atoms with Gasteiger partial charge in [-0.3, -0.25) is 4.79 Å². The van der Waals surface area contributed by atoms with Crippen molar-refractivity contribution >= 4 is 11.6 Å². The van der Waals surface area contributed by atoms with Gasteiger partial charge in [0.25, 0.3) is 0 Å². The highest BCUT2D eigenvalue weighted by Crippen LogP contribution is 2.45. The van der Waals surface area contributed by atoms with E-state index in [1.54, 1.807) is 0 Å². The number of carbonyl (C=O) groups excluding carboxylic acids is 1. The number of fused-ring (bicyclic) bond motifs is 2. The molecule has 1 aromatic carbocycles. The van der Waals surface area contributed by atoms with Crippen LogP contribution in [0.25, 0.3) is 0 Å². The van der Waals surface area contributed by atoms with Crippen LogP contribution in [0.2, 0.25) is 0 Å². The molecule has 4 rings (SSSR count). The molecular formula is C17H22N2O2. The molecule has 4 nitrogen and oxygen atoms in total. The van der Waals surface area contributed by atoms with Gasteiger partial charge in [0.05, 0.1) is 12.7 Å². The number of piperidine rings is 1. The lowest BCUT2D eigenvalue weighted by Crippen LogP contribution is -2.38. The van der Waals surface area contributed by atoms with Crippen LogP contribution in [0.1, 0.15) is 31.2 Å². The summed E-state index contributed by atoms with van der Waals surface area (Å²) in [4.78, 5) is 15.0. The Labute approximate surface area is 125 Å². The van der Waals surface area contributed by atoms with Gasteiger partial charge in [-0.25, -0.2) is 0 Å². The number of anilines is 1. The first-order valence-electron chi connectivity index (χ1n) is 8.03. The molecule has 112 valence electrons. The molecule has 1 aromatic rings. The van der Waals surface area contributed by atoms with E-state index in [0.717, 1.165) is 24.2 Å². The van der Waals surface area contributed by atoms with Crippen LogP contribution in [-0.2, 0) is 14.9 Å². The first kappa shape index (κ1) is 13.3. The number of nitrogens with one attached hydrogen (secondary N) is 1. The highest BCUT2D eigenvalue weighted by molar-refractivity contribution is 6.06. The molecule has 1 N–H and O–H groups in total. The van der Waals surface area contributed by atoms with E-state index in [2.05, 4.69) is 16.3 Å². The van der Waals surface area contributed by atoms with Crippen LogP contribution >= 0.6 is 0 Å². The molecule has 0 bridgehead atoms. The quantitative estimate of drug-likeness (QED) is 0.906. The number of para-hydroxylation sites is 1. The molecular weight excluding hydrogens is 264 g/mol. The lowest BCUT2D eigenvalue weighted by atomic mass is 9.79. The molecule has 0 radical (unpaired) electrons. The summed E-state index contributed by atoms with van der Waals surface area (Å²) in [5, 5.41) is 3.02. The molecule has 0 aliphatic carbocycles. The Balaban J connectivity index is 1.51. The molecule has 21 heavy (non-hydrogen) atoms. The number of ether oxygens (including phenoxy) is 1. The second kappa shape index (κ2) is 5.11. The number of benzene rings is 1. The van der Waals surface area contributed by atoms with Crippen molar-refractivity contribution in [2.45, 2.75) is 37.2 Å². The Morgan fingerprint density at radius 3 is 2.90 bits per heavy atom. The van der Waals surface area contributed by atoms with Gasteiger partial charge in [0.15, 0.2) is 0 Å². The number of hydrogen-bond acceptors (Lipinski definition) is 3. The largest absolute Gasteiger partial charge is 0.375 e. The van der Waals surface area contributed by atoms with Crippen LogP contribution in [0, 0.1) is 0 Å². The molecule has 3 heterocycles. The molecule has 2 saturated heterocycles. The van der Waals surface area contributed by atoms with Gasteiger partial charge in [0, 0.05) is 12.2 Å². The van der Waals surface area contributed by atoms with Gasteiger partial charge in [-0.2, -0.15) is 0 Å². The zero-order chi connectivity index (χ0) is 14.3. The summed E-state index contributed by atoms with van der Waals surface area (Å²) in [5.41, 5.74) is 1.64. The van der Waals surface area contributed by atoms with Crippen molar-refractivity contribution in [1.29, 1.82) is 0 Å². The number of nitrogens with zero attached hydrogens (tertiary/aromatic N) is 1. The van der Waals surface area contributed by atoms with Gasteiger partial charge in [0.2, 0.25) is 5.91 Å². The second-order valence-corrected chi connectivity index (χ2v) is 6.58. The van der Waals surface area contributed by atoms with E-state index >= 15 is 0 Å². The van der Waals surface area contributed by atoms with Gasteiger partial charge < -0.3 is 15.0 Å². The molecule has 3 aliphatic rings. The normalized spacial score (nSPS) is 32.4. The van der Waals surface area contributed by atoms with Crippen LogP contribution in [0.15, 0.2) is 24.3 Å². The van der Waals surface area contributed by atoms with Crippen molar-refractivity contribution in [1.82, 2.24) is 4.90 Å². The van der Waals surface area contributed by atoms with Crippen LogP contribution in [0.5, 0.6) is 0 Å². The van der Waals surface area contributed by atoms with Gasteiger partial charge >= 0.3 is 0 Å². The average Bonchev–Trinajstić information content (AvgIpc) is 3.05. The minimum atomic E-state index is -0.447. The van der Waals surface area contributed by atoms with E-state index in [1.807, 2.05) is 18.2 Å². The molecule has 0 aromatic heterocycles. The van der Waals surface area contributed by atoms with E-state index in [0.29, 0.717) is 6.61 Å². The maximum absolute atomic E-state index is 12.5. The van der Waals surface area contributed by atoms with E-state index in [1.165, 1.54) is 32.4 Å². The fourth-order valence-corrected chi connectivity index (χ4v) is 4.03. The smallest absolute Gasteiger partial charge is 0.237 e. The van der Waals surface area contributed by atoms with Gasteiger partial charge in [0.1, 0.15) is 5.41 Å². The average molecular weight is 286 g/mol. The molecule has 1 spiro atoms. The third-order valence-electron chi connectivity index (χ3n) is 5.18. The van der Waals surface area contributed by atoms with Crippen molar-refractivity contribution < 1.29 is 9.53 Å². The van der Waals surface area contributed by atoms with E-state index in [4.69, 9.17) is 4.74 Å². The van der Waals surface area contributed by atoms with Crippen molar-refractivity contribution in [2.75, 3.05) is 31.6 Å². The minimum absolute atomic E-state index is 0.116. The predicted octanol–water partition coefficient (Wildman–Crippen LogP) is 2.15. The fraction of sp³-hybridized carbons (Fsp3) is 0.588. The van der Waals surface area contributed by atoms with E-state index in [9.17, 15) is 4.79 Å². The first-order valence-corrected chi connectivity index (χ1v) is 8.03. The molecule has 0 saturated carbocycles.